The van der Waals surface area contributed by atoms with Gasteiger partial charge in [0.1, 0.15) is 12.1 Å². The number of anilines is 2. The van der Waals surface area contributed by atoms with Crippen LogP contribution in [0.15, 0.2) is 84.2 Å². The SMILES string of the molecule is CN(C)c1cccc(NN=Cc2ccc(-c3ncn(-c4ccc(OC(F)(F)F)cc4)n3)cc2)c1. The zero-order valence-corrected chi connectivity index (χ0v) is 18.4. The van der Waals surface area contributed by atoms with Gasteiger partial charge in [-0.25, -0.2) is 9.67 Å². The van der Waals surface area contributed by atoms with Crippen LogP contribution in [0.5, 0.6) is 5.75 Å². The van der Waals surface area contributed by atoms with Crippen molar-refractivity contribution in [3.05, 3.63) is 84.7 Å². The number of alkyl halides is 3. The topological polar surface area (TPSA) is 67.6 Å². The van der Waals surface area contributed by atoms with E-state index < -0.39 is 6.36 Å². The van der Waals surface area contributed by atoms with Crippen LogP contribution in [0.1, 0.15) is 5.56 Å². The fraction of sp³-hybridized carbons (Fsp3) is 0.125. The van der Waals surface area contributed by atoms with Gasteiger partial charge in [0.05, 0.1) is 17.6 Å². The molecule has 1 aromatic heterocycles. The molecule has 0 radical (unpaired) electrons. The molecule has 34 heavy (non-hydrogen) atoms. The molecule has 10 heteroatoms. The molecule has 0 spiro atoms. The monoisotopic (exact) mass is 466 g/mol. The van der Waals surface area contributed by atoms with Gasteiger partial charge in [0.15, 0.2) is 5.82 Å². The van der Waals surface area contributed by atoms with Crippen molar-refractivity contribution in [2.75, 3.05) is 24.4 Å². The molecule has 1 heterocycles. The smallest absolute Gasteiger partial charge is 0.406 e. The Morgan fingerprint density at radius 1 is 1.00 bits per heavy atom. The summed E-state index contributed by atoms with van der Waals surface area (Å²) in [5.41, 5.74) is 7.21. The quantitative estimate of drug-likeness (QED) is 0.294. The van der Waals surface area contributed by atoms with Gasteiger partial charge in [-0.15, -0.1) is 18.3 Å². The fourth-order valence-corrected chi connectivity index (χ4v) is 3.07. The molecule has 0 aliphatic rings. The van der Waals surface area contributed by atoms with Crippen molar-refractivity contribution >= 4 is 17.6 Å². The highest BCUT2D eigenvalue weighted by atomic mass is 19.4. The molecule has 0 atom stereocenters. The molecule has 0 bridgehead atoms. The predicted molar refractivity (Wildman–Crippen MR) is 125 cm³/mol. The maximum Gasteiger partial charge on any atom is 0.573 e. The van der Waals surface area contributed by atoms with Crippen molar-refractivity contribution in [2.24, 2.45) is 5.10 Å². The number of nitrogens with one attached hydrogen (secondary N) is 1. The summed E-state index contributed by atoms with van der Waals surface area (Å²) in [6.07, 6.45) is -1.52. The number of rotatable bonds is 7. The molecule has 0 amide bonds. The zero-order chi connectivity index (χ0) is 24.1. The minimum Gasteiger partial charge on any atom is -0.406 e. The highest BCUT2D eigenvalue weighted by Gasteiger charge is 2.31. The van der Waals surface area contributed by atoms with E-state index in [-0.39, 0.29) is 5.75 Å². The maximum absolute atomic E-state index is 12.3. The molecule has 1 N–H and O–H groups in total. The summed E-state index contributed by atoms with van der Waals surface area (Å²) in [7, 11) is 3.95. The van der Waals surface area contributed by atoms with E-state index in [1.165, 1.54) is 35.3 Å². The number of hydrazone groups is 1. The van der Waals surface area contributed by atoms with E-state index in [4.69, 9.17) is 0 Å². The molecule has 7 nitrogen and oxygen atoms in total. The highest BCUT2D eigenvalue weighted by molar-refractivity contribution is 5.81. The van der Waals surface area contributed by atoms with E-state index in [1.807, 2.05) is 67.5 Å². The van der Waals surface area contributed by atoms with Crippen molar-refractivity contribution < 1.29 is 17.9 Å². The molecular formula is C24H21F3N6O. The molecule has 174 valence electrons. The number of hydrogen-bond donors (Lipinski definition) is 1. The predicted octanol–water partition coefficient (Wildman–Crippen LogP) is 5.34. The van der Waals surface area contributed by atoms with Crippen LogP contribution in [0.25, 0.3) is 17.1 Å². The largest absolute Gasteiger partial charge is 0.573 e. The van der Waals surface area contributed by atoms with Crippen LogP contribution in [0, 0.1) is 0 Å². The first-order valence-electron chi connectivity index (χ1n) is 10.2. The molecule has 0 saturated heterocycles. The minimum atomic E-state index is -4.73. The highest BCUT2D eigenvalue weighted by Crippen LogP contribution is 2.24. The number of halogens is 3. The second kappa shape index (κ2) is 9.65. The average Bonchev–Trinajstić information content (AvgIpc) is 3.29. The summed E-state index contributed by atoms with van der Waals surface area (Å²) in [5.74, 6) is 0.187. The molecule has 0 unspecified atom stereocenters. The van der Waals surface area contributed by atoms with E-state index in [9.17, 15) is 13.2 Å². The second-order valence-corrected chi connectivity index (χ2v) is 7.49. The Morgan fingerprint density at radius 2 is 1.74 bits per heavy atom. The van der Waals surface area contributed by atoms with Crippen LogP contribution < -0.4 is 15.1 Å². The Kier molecular flexibility index (Phi) is 6.48. The number of nitrogens with zero attached hydrogens (tertiary/aromatic N) is 5. The second-order valence-electron chi connectivity index (χ2n) is 7.49. The third kappa shape index (κ3) is 5.91. The lowest BCUT2D eigenvalue weighted by molar-refractivity contribution is -0.274. The normalized spacial score (nSPS) is 11.6. The van der Waals surface area contributed by atoms with Crippen LogP contribution in [0.2, 0.25) is 0 Å². The van der Waals surface area contributed by atoms with Crippen molar-refractivity contribution in [1.29, 1.82) is 0 Å². The number of benzene rings is 3. The average molecular weight is 466 g/mol. The number of aromatic nitrogens is 3. The molecule has 4 rings (SSSR count). The molecule has 0 aliphatic heterocycles. The summed E-state index contributed by atoms with van der Waals surface area (Å²) in [5, 5.41) is 8.68. The van der Waals surface area contributed by atoms with Gasteiger partial charge in [0, 0.05) is 25.3 Å². The van der Waals surface area contributed by atoms with Gasteiger partial charge in [0.2, 0.25) is 0 Å². The van der Waals surface area contributed by atoms with E-state index in [1.54, 1.807) is 6.21 Å². The zero-order valence-electron chi connectivity index (χ0n) is 18.4. The Morgan fingerprint density at radius 3 is 2.41 bits per heavy atom. The van der Waals surface area contributed by atoms with Crippen LogP contribution in [-0.2, 0) is 0 Å². The van der Waals surface area contributed by atoms with Crippen LogP contribution in [-0.4, -0.2) is 41.4 Å². The molecule has 4 aromatic rings. The first kappa shape index (κ1) is 22.8. The van der Waals surface area contributed by atoms with Gasteiger partial charge >= 0.3 is 6.36 Å². The Hall–Kier alpha value is -4.34. The van der Waals surface area contributed by atoms with E-state index in [0.717, 1.165) is 22.5 Å². The van der Waals surface area contributed by atoms with E-state index in [0.29, 0.717) is 11.5 Å². The van der Waals surface area contributed by atoms with Gasteiger partial charge in [-0.2, -0.15) is 5.10 Å². The summed E-state index contributed by atoms with van der Waals surface area (Å²) < 4.78 is 42.3. The van der Waals surface area contributed by atoms with Gasteiger partial charge in [-0.1, -0.05) is 30.3 Å². The maximum atomic E-state index is 12.3. The van der Waals surface area contributed by atoms with Crippen molar-refractivity contribution in [1.82, 2.24) is 14.8 Å². The van der Waals surface area contributed by atoms with Crippen LogP contribution in [0.3, 0.4) is 0 Å². The molecule has 0 fully saturated rings. The van der Waals surface area contributed by atoms with Gasteiger partial charge < -0.3 is 9.64 Å². The lowest BCUT2D eigenvalue weighted by Crippen LogP contribution is -2.17. The van der Waals surface area contributed by atoms with Crippen molar-refractivity contribution in [2.45, 2.75) is 6.36 Å². The fourth-order valence-electron chi connectivity index (χ4n) is 3.07. The summed E-state index contributed by atoms with van der Waals surface area (Å²) >= 11 is 0. The Balaban J connectivity index is 1.40. The molecule has 0 saturated carbocycles. The molecule has 0 aliphatic carbocycles. The summed E-state index contributed by atoms with van der Waals surface area (Å²) in [4.78, 5) is 6.30. The van der Waals surface area contributed by atoms with E-state index in [2.05, 4.69) is 25.3 Å². The Bertz CT molecular complexity index is 1270. The van der Waals surface area contributed by atoms with Gasteiger partial charge in [-0.05, 0) is 48.0 Å². The lowest BCUT2D eigenvalue weighted by atomic mass is 10.1. The summed E-state index contributed by atoms with van der Waals surface area (Å²) in [6.45, 7) is 0. The van der Waals surface area contributed by atoms with Crippen molar-refractivity contribution in [3.8, 4) is 22.8 Å². The van der Waals surface area contributed by atoms with Gasteiger partial charge in [0.25, 0.3) is 0 Å². The van der Waals surface area contributed by atoms with Crippen LogP contribution >= 0.6 is 0 Å². The number of ether oxygens (including phenoxy) is 1. The lowest BCUT2D eigenvalue weighted by Gasteiger charge is -2.13. The molecule has 3 aromatic carbocycles. The Labute approximate surface area is 194 Å². The first-order chi connectivity index (χ1) is 16.3. The molecular weight excluding hydrogens is 445 g/mol. The number of hydrogen-bond acceptors (Lipinski definition) is 6. The summed E-state index contributed by atoms with van der Waals surface area (Å²) in [6, 6.07) is 20.8. The third-order valence-electron chi connectivity index (χ3n) is 4.77. The third-order valence-corrected chi connectivity index (χ3v) is 4.77. The van der Waals surface area contributed by atoms with E-state index >= 15 is 0 Å². The van der Waals surface area contributed by atoms with Crippen LogP contribution in [0.4, 0.5) is 24.5 Å². The minimum absolute atomic E-state index is 0.297. The standard InChI is InChI=1S/C24H21F3N6O/c1-32(2)21-5-3-4-19(14-21)30-29-15-17-6-8-18(9-7-17)23-28-16-33(31-23)20-10-12-22(13-11-20)34-24(25,26)27/h3-16,30H,1-2H3. The van der Waals surface area contributed by atoms with Gasteiger partial charge in [-0.3, -0.25) is 5.43 Å². The van der Waals surface area contributed by atoms with Crippen molar-refractivity contribution in [3.63, 3.8) is 0 Å². The first-order valence-corrected chi connectivity index (χ1v) is 10.2.